The third-order valence-electron chi connectivity index (χ3n) is 3.91. The zero-order valence-electron chi connectivity index (χ0n) is 15.7. The van der Waals surface area contributed by atoms with Crippen molar-refractivity contribution >= 4 is 11.9 Å². The van der Waals surface area contributed by atoms with Gasteiger partial charge in [0.15, 0.2) is 0 Å². The molecule has 0 bridgehead atoms. The third kappa shape index (κ3) is 8.82. The lowest BCUT2D eigenvalue weighted by Gasteiger charge is -2.26. The van der Waals surface area contributed by atoms with Crippen LogP contribution in [0.4, 0.5) is 0 Å². The molecule has 1 fully saturated rings. The first-order valence-corrected chi connectivity index (χ1v) is 8.80. The van der Waals surface area contributed by atoms with E-state index in [-0.39, 0.29) is 0 Å². The van der Waals surface area contributed by atoms with E-state index in [1.807, 2.05) is 0 Å². The van der Waals surface area contributed by atoms with E-state index in [9.17, 15) is 0 Å². The van der Waals surface area contributed by atoms with Crippen LogP contribution in [0.3, 0.4) is 0 Å². The van der Waals surface area contributed by atoms with E-state index in [2.05, 4.69) is 43.9 Å². The highest BCUT2D eigenvalue weighted by Crippen LogP contribution is 2.22. The summed E-state index contributed by atoms with van der Waals surface area (Å²) in [5.74, 6) is -2.09. The van der Waals surface area contributed by atoms with E-state index < -0.39 is 11.9 Å². The van der Waals surface area contributed by atoms with Crippen molar-refractivity contribution in [2.24, 2.45) is 0 Å². The van der Waals surface area contributed by atoms with Gasteiger partial charge >= 0.3 is 11.9 Å². The SMILES string of the molecule is Cc1cc(OCCCN2CCOCC2)cc(C(C)C)c1.O=C(O)C(=O)O. The van der Waals surface area contributed by atoms with Crippen LogP contribution >= 0.6 is 0 Å². The summed E-state index contributed by atoms with van der Waals surface area (Å²) < 4.78 is 11.3. The summed E-state index contributed by atoms with van der Waals surface area (Å²) in [6, 6.07) is 6.54. The molecule has 0 saturated carbocycles. The summed E-state index contributed by atoms with van der Waals surface area (Å²) in [7, 11) is 0. The molecular weight excluding hydrogens is 338 g/mol. The number of aliphatic carboxylic acids is 2. The average molecular weight is 367 g/mol. The van der Waals surface area contributed by atoms with Crippen molar-refractivity contribution in [2.45, 2.75) is 33.1 Å². The number of aryl methyl sites for hydroxylation is 1. The first-order chi connectivity index (χ1) is 12.3. The Kier molecular flexibility index (Phi) is 9.69. The highest BCUT2D eigenvalue weighted by Gasteiger charge is 2.09. The van der Waals surface area contributed by atoms with Crippen molar-refractivity contribution in [3.8, 4) is 5.75 Å². The topological polar surface area (TPSA) is 96.3 Å². The third-order valence-corrected chi connectivity index (χ3v) is 3.91. The molecular formula is C19H29NO6. The molecule has 0 amide bonds. The van der Waals surface area contributed by atoms with Gasteiger partial charge < -0.3 is 19.7 Å². The number of benzene rings is 1. The molecule has 2 N–H and O–H groups in total. The first kappa shape index (κ1) is 21.9. The van der Waals surface area contributed by atoms with E-state index in [4.69, 9.17) is 29.3 Å². The number of carbonyl (C=O) groups is 2. The Morgan fingerprint density at radius 1 is 1.15 bits per heavy atom. The molecule has 0 aromatic heterocycles. The summed E-state index contributed by atoms with van der Waals surface area (Å²) in [6.07, 6.45) is 1.07. The van der Waals surface area contributed by atoms with Gasteiger partial charge in [0.1, 0.15) is 5.75 Å². The second kappa shape index (κ2) is 11.5. The number of carboxylic acids is 2. The zero-order chi connectivity index (χ0) is 19.5. The van der Waals surface area contributed by atoms with Crippen LogP contribution in [0, 0.1) is 6.92 Å². The van der Waals surface area contributed by atoms with Crippen LogP contribution in [0.15, 0.2) is 18.2 Å². The van der Waals surface area contributed by atoms with Crippen LogP contribution in [0.25, 0.3) is 0 Å². The number of rotatable bonds is 6. The number of carboxylic acid groups (broad SMARTS) is 2. The van der Waals surface area contributed by atoms with Gasteiger partial charge in [-0.05, 0) is 42.5 Å². The highest BCUT2D eigenvalue weighted by molar-refractivity contribution is 6.27. The largest absolute Gasteiger partial charge is 0.494 e. The lowest BCUT2D eigenvalue weighted by atomic mass is 10.0. The summed E-state index contributed by atoms with van der Waals surface area (Å²) in [5.41, 5.74) is 2.63. The molecule has 0 radical (unpaired) electrons. The zero-order valence-corrected chi connectivity index (χ0v) is 15.7. The molecule has 146 valence electrons. The predicted molar refractivity (Wildman–Crippen MR) is 97.9 cm³/mol. The molecule has 7 heteroatoms. The molecule has 2 rings (SSSR count). The van der Waals surface area contributed by atoms with Gasteiger partial charge in [0.05, 0.1) is 19.8 Å². The summed E-state index contributed by atoms with van der Waals surface area (Å²) in [5, 5.41) is 14.8. The van der Waals surface area contributed by atoms with Gasteiger partial charge in [0, 0.05) is 19.6 Å². The molecule has 1 aliphatic heterocycles. The molecule has 26 heavy (non-hydrogen) atoms. The van der Waals surface area contributed by atoms with Gasteiger partial charge in [-0.2, -0.15) is 0 Å². The molecule has 0 unspecified atom stereocenters. The molecule has 0 atom stereocenters. The number of ether oxygens (including phenoxy) is 2. The Balaban J connectivity index is 0.000000487. The molecule has 7 nitrogen and oxygen atoms in total. The van der Waals surface area contributed by atoms with Crippen LogP contribution < -0.4 is 4.74 Å². The fraction of sp³-hybridized carbons (Fsp3) is 0.579. The van der Waals surface area contributed by atoms with Crippen molar-refractivity contribution in [3.63, 3.8) is 0 Å². The van der Waals surface area contributed by atoms with Crippen molar-refractivity contribution < 1.29 is 29.3 Å². The van der Waals surface area contributed by atoms with Gasteiger partial charge in [-0.1, -0.05) is 19.9 Å². The maximum absolute atomic E-state index is 9.10. The maximum atomic E-state index is 9.10. The smallest absolute Gasteiger partial charge is 0.414 e. The predicted octanol–water partition coefficient (Wildman–Crippen LogP) is 2.38. The van der Waals surface area contributed by atoms with Gasteiger partial charge in [0.25, 0.3) is 0 Å². The summed E-state index contributed by atoms with van der Waals surface area (Å²) in [6.45, 7) is 12.3. The molecule has 1 aromatic carbocycles. The number of hydrogen-bond donors (Lipinski definition) is 2. The Hall–Kier alpha value is -2.12. The molecule has 0 aliphatic carbocycles. The van der Waals surface area contributed by atoms with Gasteiger partial charge in [-0.15, -0.1) is 0 Å². The Bertz CT molecular complexity index is 569. The minimum absolute atomic E-state index is 0.547. The Morgan fingerprint density at radius 2 is 1.77 bits per heavy atom. The minimum Gasteiger partial charge on any atom is -0.494 e. The van der Waals surface area contributed by atoms with Crippen molar-refractivity contribution in [1.29, 1.82) is 0 Å². The van der Waals surface area contributed by atoms with Crippen LogP contribution in [0.2, 0.25) is 0 Å². The number of hydrogen-bond acceptors (Lipinski definition) is 5. The van der Waals surface area contributed by atoms with E-state index in [0.29, 0.717) is 5.92 Å². The van der Waals surface area contributed by atoms with E-state index in [1.165, 1.54) is 11.1 Å². The van der Waals surface area contributed by atoms with E-state index >= 15 is 0 Å². The van der Waals surface area contributed by atoms with Crippen LogP contribution in [0.1, 0.15) is 37.3 Å². The molecule has 1 saturated heterocycles. The van der Waals surface area contributed by atoms with E-state index in [0.717, 1.165) is 51.6 Å². The Labute approximate surface area is 154 Å². The Morgan fingerprint density at radius 3 is 2.31 bits per heavy atom. The maximum Gasteiger partial charge on any atom is 0.414 e. The number of nitrogens with zero attached hydrogens (tertiary/aromatic N) is 1. The average Bonchev–Trinajstić information content (AvgIpc) is 2.59. The van der Waals surface area contributed by atoms with Crippen LogP contribution in [-0.2, 0) is 14.3 Å². The fourth-order valence-corrected chi connectivity index (χ4v) is 2.50. The second-order valence-electron chi connectivity index (χ2n) is 6.50. The first-order valence-electron chi connectivity index (χ1n) is 8.80. The normalized spacial score (nSPS) is 14.5. The van der Waals surface area contributed by atoms with Gasteiger partial charge in [-0.25, -0.2) is 9.59 Å². The molecule has 1 aromatic rings. The van der Waals surface area contributed by atoms with Crippen LogP contribution in [-0.4, -0.2) is 66.5 Å². The van der Waals surface area contributed by atoms with Crippen LogP contribution in [0.5, 0.6) is 5.75 Å². The molecule has 1 heterocycles. The standard InChI is InChI=1S/C17H27NO2.C2H2O4/c1-14(2)16-11-15(3)12-17(13-16)20-8-4-5-18-6-9-19-10-7-18;3-1(4)2(5)6/h11-14H,4-10H2,1-3H3;(H,3,4)(H,5,6). The van der Waals surface area contributed by atoms with Gasteiger partial charge in [-0.3, -0.25) is 4.90 Å². The highest BCUT2D eigenvalue weighted by atomic mass is 16.5. The van der Waals surface area contributed by atoms with Crippen molar-refractivity contribution in [1.82, 2.24) is 4.90 Å². The van der Waals surface area contributed by atoms with Crippen molar-refractivity contribution in [2.75, 3.05) is 39.5 Å². The van der Waals surface area contributed by atoms with Gasteiger partial charge in [0.2, 0.25) is 0 Å². The molecule has 1 aliphatic rings. The lowest BCUT2D eigenvalue weighted by molar-refractivity contribution is -0.159. The summed E-state index contributed by atoms with van der Waals surface area (Å²) in [4.78, 5) is 20.6. The lowest BCUT2D eigenvalue weighted by Crippen LogP contribution is -2.37. The second-order valence-corrected chi connectivity index (χ2v) is 6.50. The monoisotopic (exact) mass is 367 g/mol. The summed E-state index contributed by atoms with van der Waals surface area (Å²) >= 11 is 0. The minimum atomic E-state index is -1.82. The van der Waals surface area contributed by atoms with Crippen molar-refractivity contribution in [3.05, 3.63) is 29.3 Å². The van der Waals surface area contributed by atoms with E-state index in [1.54, 1.807) is 0 Å². The number of morpholine rings is 1. The molecule has 0 spiro atoms. The quantitative estimate of drug-likeness (QED) is 0.588. The fourth-order valence-electron chi connectivity index (χ4n) is 2.50.